The zero-order valence-corrected chi connectivity index (χ0v) is 24.4. The number of rotatable bonds is 15. The lowest BCUT2D eigenvalue weighted by atomic mass is 10.0. The summed E-state index contributed by atoms with van der Waals surface area (Å²) in [6.45, 7) is 2.16. The minimum atomic E-state index is -0.225. The Hall–Kier alpha value is -4.51. The van der Waals surface area contributed by atoms with Crippen LogP contribution in [0.25, 0.3) is 0 Å². The molecule has 218 valence electrons. The first-order chi connectivity index (χ1) is 20.5. The number of aryl methyl sites for hydroxylation is 3. The summed E-state index contributed by atoms with van der Waals surface area (Å²) < 4.78 is 4.97. The van der Waals surface area contributed by atoms with Gasteiger partial charge in [0, 0.05) is 12.8 Å². The van der Waals surface area contributed by atoms with Crippen molar-refractivity contribution in [3.05, 3.63) is 94.1 Å². The molecule has 2 amide bonds. The normalized spacial score (nSPS) is 10.7. The van der Waals surface area contributed by atoms with Crippen LogP contribution >= 0.6 is 11.3 Å². The van der Waals surface area contributed by atoms with Crippen LogP contribution in [-0.2, 0) is 51.2 Å². The molecule has 2 aromatic heterocycles. The van der Waals surface area contributed by atoms with Gasteiger partial charge in [0.1, 0.15) is 5.01 Å². The first kappa shape index (κ1) is 30.4. The van der Waals surface area contributed by atoms with Gasteiger partial charge in [0.2, 0.25) is 16.9 Å². The summed E-state index contributed by atoms with van der Waals surface area (Å²) in [7, 11) is 0. The quantitative estimate of drug-likeness (QED) is 0.150. The van der Waals surface area contributed by atoms with Crippen LogP contribution in [0.5, 0.6) is 0 Å². The molecule has 0 saturated carbocycles. The third-order valence-electron chi connectivity index (χ3n) is 6.26. The molecular weight excluding hydrogens is 552 g/mol. The fourth-order valence-corrected chi connectivity index (χ4v) is 5.04. The summed E-state index contributed by atoms with van der Waals surface area (Å²) in [5.41, 5.74) is 3.64. The summed E-state index contributed by atoms with van der Waals surface area (Å²) in [6, 6.07) is 20.8. The zero-order valence-electron chi connectivity index (χ0n) is 23.5. The van der Waals surface area contributed by atoms with E-state index in [0.717, 1.165) is 53.1 Å². The van der Waals surface area contributed by atoms with Crippen molar-refractivity contribution in [2.45, 2.75) is 58.3 Å². The number of ether oxygens (including phenoxy) is 1. The third kappa shape index (κ3) is 10.5. The van der Waals surface area contributed by atoms with E-state index in [0.29, 0.717) is 30.4 Å². The maximum Gasteiger partial charge on any atom is 0.306 e. The van der Waals surface area contributed by atoms with E-state index < -0.39 is 0 Å². The maximum atomic E-state index is 12.6. The van der Waals surface area contributed by atoms with E-state index in [-0.39, 0.29) is 30.6 Å². The number of carbonyl (C=O) groups is 3. The highest BCUT2D eigenvalue weighted by Crippen LogP contribution is 2.18. The topological polar surface area (TPSA) is 136 Å². The highest BCUT2D eigenvalue weighted by Gasteiger charge is 2.11. The number of nitrogens with one attached hydrogen (secondary N) is 2. The molecule has 0 aliphatic heterocycles. The minimum Gasteiger partial charge on any atom is -0.466 e. The molecule has 10 nitrogen and oxygen atoms in total. The molecule has 2 N–H and O–H groups in total. The Morgan fingerprint density at radius 3 is 2.26 bits per heavy atom. The number of amides is 2. The molecular formula is C31H34N6O4S. The summed E-state index contributed by atoms with van der Waals surface area (Å²) in [5.74, 6) is -0.0895. The molecule has 0 atom stereocenters. The van der Waals surface area contributed by atoms with Crippen LogP contribution in [0.3, 0.4) is 0 Å². The molecule has 11 heteroatoms. The molecule has 0 saturated heterocycles. The van der Waals surface area contributed by atoms with E-state index in [1.165, 1.54) is 11.3 Å². The second kappa shape index (κ2) is 16.1. The zero-order chi connectivity index (χ0) is 29.6. The van der Waals surface area contributed by atoms with Gasteiger partial charge in [-0.15, -0.1) is 15.3 Å². The summed E-state index contributed by atoms with van der Waals surface area (Å²) in [6.07, 6.45) is 4.66. The SMILES string of the molecule is CCOC(=O)CCc1cccc(CC(=O)Nc2nnc(CCCCc3ccc(NC(=O)Cc4ccccc4)nn3)s2)c1. The van der Waals surface area contributed by atoms with E-state index in [9.17, 15) is 14.4 Å². The average Bonchev–Trinajstić information content (AvgIpc) is 3.42. The number of unbranched alkanes of at least 4 members (excludes halogenated alkanes) is 1. The predicted octanol–water partition coefficient (Wildman–Crippen LogP) is 4.75. The lowest BCUT2D eigenvalue weighted by molar-refractivity contribution is -0.143. The first-order valence-corrected chi connectivity index (χ1v) is 14.8. The number of anilines is 2. The number of aromatic nitrogens is 4. The van der Waals surface area contributed by atoms with Gasteiger partial charge in [0.05, 0.1) is 25.1 Å². The van der Waals surface area contributed by atoms with Crippen LogP contribution in [0.1, 0.15) is 53.6 Å². The molecule has 0 unspecified atom stereocenters. The van der Waals surface area contributed by atoms with Gasteiger partial charge >= 0.3 is 5.97 Å². The lowest BCUT2D eigenvalue weighted by Gasteiger charge is -2.06. The summed E-state index contributed by atoms with van der Waals surface area (Å²) in [5, 5.41) is 23.6. The van der Waals surface area contributed by atoms with Crippen molar-refractivity contribution in [2.24, 2.45) is 0 Å². The number of esters is 1. The second-order valence-corrected chi connectivity index (χ2v) is 10.7. The van der Waals surface area contributed by atoms with Gasteiger partial charge in [-0.1, -0.05) is 65.9 Å². The number of nitrogens with zero attached hydrogens (tertiary/aromatic N) is 4. The van der Waals surface area contributed by atoms with Crippen molar-refractivity contribution in [2.75, 3.05) is 17.2 Å². The van der Waals surface area contributed by atoms with Crippen LogP contribution in [0.4, 0.5) is 10.9 Å². The van der Waals surface area contributed by atoms with Crippen molar-refractivity contribution in [1.82, 2.24) is 20.4 Å². The van der Waals surface area contributed by atoms with E-state index >= 15 is 0 Å². The van der Waals surface area contributed by atoms with Crippen LogP contribution in [-0.4, -0.2) is 44.8 Å². The van der Waals surface area contributed by atoms with Crippen molar-refractivity contribution >= 4 is 40.1 Å². The Bertz CT molecular complexity index is 1460. The Morgan fingerprint density at radius 2 is 1.48 bits per heavy atom. The van der Waals surface area contributed by atoms with Crippen molar-refractivity contribution in [1.29, 1.82) is 0 Å². The van der Waals surface area contributed by atoms with E-state index in [2.05, 4.69) is 31.0 Å². The van der Waals surface area contributed by atoms with E-state index in [1.54, 1.807) is 13.0 Å². The summed E-state index contributed by atoms with van der Waals surface area (Å²) in [4.78, 5) is 36.4. The molecule has 4 aromatic rings. The molecule has 2 heterocycles. The standard InChI is InChI=1S/C31H34N6O4S/c1-2-41-30(40)18-15-23-11-8-12-24(19-23)21-28(39)33-31-37-36-29(42-31)14-7-6-13-25-16-17-26(35-34-25)32-27(38)20-22-9-4-3-5-10-22/h3-5,8-12,16-17,19H,2,6-7,13-15,18,20-21H2,1H3,(H,32,35,38)(H,33,37,39). The highest BCUT2D eigenvalue weighted by molar-refractivity contribution is 7.15. The Labute approximate surface area is 249 Å². The first-order valence-electron chi connectivity index (χ1n) is 14.0. The van der Waals surface area contributed by atoms with Gasteiger partial charge in [0.25, 0.3) is 0 Å². The predicted molar refractivity (Wildman–Crippen MR) is 161 cm³/mol. The van der Waals surface area contributed by atoms with Crippen molar-refractivity contribution in [3.63, 3.8) is 0 Å². The minimum absolute atomic E-state index is 0.132. The smallest absolute Gasteiger partial charge is 0.306 e. The largest absolute Gasteiger partial charge is 0.466 e. The Balaban J connectivity index is 1.14. The van der Waals surface area contributed by atoms with Crippen LogP contribution in [0.15, 0.2) is 66.7 Å². The van der Waals surface area contributed by atoms with Gasteiger partial charge in [-0.05, 0) is 61.4 Å². The maximum absolute atomic E-state index is 12.6. The molecule has 0 radical (unpaired) electrons. The molecule has 0 aliphatic rings. The molecule has 42 heavy (non-hydrogen) atoms. The van der Waals surface area contributed by atoms with Crippen LogP contribution in [0.2, 0.25) is 0 Å². The molecule has 0 spiro atoms. The van der Waals surface area contributed by atoms with Crippen LogP contribution in [0, 0.1) is 0 Å². The number of hydrogen-bond acceptors (Lipinski definition) is 9. The average molecular weight is 587 g/mol. The van der Waals surface area contributed by atoms with Gasteiger partial charge in [-0.25, -0.2) is 0 Å². The second-order valence-electron chi connectivity index (χ2n) is 9.68. The highest BCUT2D eigenvalue weighted by atomic mass is 32.1. The molecule has 4 rings (SSSR count). The van der Waals surface area contributed by atoms with Crippen LogP contribution < -0.4 is 10.6 Å². The van der Waals surface area contributed by atoms with E-state index in [4.69, 9.17) is 4.74 Å². The van der Waals surface area contributed by atoms with Gasteiger partial charge in [0.15, 0.2) is 5.82 Å². The lowest BCUT2D eigenvalue weighted by Crippen LogP contribution is -2.15. The molecule has 2 aromatic carbocycles. The third-order valence-corrected chi connectivity index (χ3v) is 7.16. The summed E-state index contributed by atoms with van der Waals surface area (Å²) >= 11 is 1.37. The fourth-order valence-electron chi connectivity index (χ4n) is 4.24. The fraction of sp³-hybridized carbons (Fsp3) is 0.323. The number of carbonyl (C=O) groups excluding carboxylic acids is 3. The van der Waals surface area contributed by atoms with Gasteiger partial charge < -0.3 is 15.4 Å². The number of hydrogen-bond donors (Lipinski definition) is 2. The van der Waals surface area contributed by atoms with Crippen molar-refractivity contribution in [3.8, 4) is 0 Å². The Morgan fingerprint density at radius 1 is 0.738 bits per heavy atom. The molecule has 0 aliphatic carbocycles. The van der Waals surface area contributed by atoms with E-state index in [1.807, 2.05) is 60.7 Å². The van der Waals surface area contributed by atoms with Gasteiger partial charge in [-0.3, -0.25) is 14.4 Å². The molecule has 0 fully saturated rings. The Kier molecular flexibility index (Phi) is 11.6. The monoisotopic (exact) mass is 586 g/mol. The van der Waals surface area contributed by atoms with Crippen molar-refractivity contribution < 1.29 is 19.1 Å². The van der Waals surface area contributed by atoms with Gasteiger partial charge in [-0.2, -0.15) is 5.10 Å². The molecule has 0 bridgehead atoms. The number of benzene rings is 2.